The number of pyridine rings is 3. The zero-order valence-corrected chi connectivity index (χ0v) is 25.0. The summed E-state index contributed by atoms with van der Waals surface area (Å²) in [7, 11) is -1.33. The lowest BCUT2D eigenvalue weighted by atomic mass is 9.93. The average Bonchev–Trinajstić information content (AvgIpc) is 3.39. The van der Waals surface area contributed by atoms with Crippen molar-refractivity contribution in [2.45, 2.75) is 50.4 Å². The standard InChI is InChI=1S/C29H39N7O5S/c1-35-10-9-24(19-35)40-23-7-8-27(31-18-23)32-20-3-5-22(6-4-20)41-29-25-15-21(34-42(2,37)38)17-30-26(25)16-28(33-29)36-11-13-39-14-12-36/h7-8,15-18,20,22,24,34H,3-6,9-14,19H2,1-2H3,(H,31,32). The van der Waals surface area contributed by atoms with Crippen molar-refractivity contribution in [2.24, 2.45) is 0 Å². The molecule has 13 heteroatoms. The fraction of sp³-hybridized carbons (Fsp3) is 0.552. The summed E-state index contributed by atoms with van der Waals surface area (Å²) < 4.78 is 44.3. The van der Waals surface area contributed by atoms with Crippen LogP contribution < -0.4 is 24.4 Å². The number of anilines is 3. The smallest absolute Gasteiger partial charge is 0.229 e. The van der Waals surface area contributed by atoms with E-state index in [4.69, 9.17) is 19.2 Å². The van der Waals surface area contributed by atoms with Crippen molar-refractivity contribution in [3.63, 3.8) is 0 Å². The molecule has 42 heavy (non-hydrogen) atoms. The van der Waals surface area contributed by atoms with Crippen LogP contribution in [0.3, 0.4) is 0 Å². The second kappa shape index (κ2) is 12.4. The molecule has 1 atom stereocenters. The molecule has 0 spiro atoms. The third kappa shape index (κ3) is 7.31. The summed E-state index contributed by atoms with van der Waals surface area (Å²) in [6.07, 6.45) is 9.26. The number of hydrogen-bond acceptors (Lipinski definition) is 11. The maximum absolute atomic E-state index is 11.8. The van der Waals surface area contributed by atoms with Gasteiger partial charge in [0.05, 0.1) is 48.5 Å². The van der Waals surface area contributed by atoms with E-state index in [0.29, 0.717) is 41.7 Å². The molecule has 1 unspecified atom stereocenters. The largest absolute Gasteiger partial charge is 0.487 e. The molecule has 5 heterocycles. The van der Waals surface area contributed by atoms with Crippen LogP contribution in [0.25, 0.3) is 10.9 Å². The number of nitrogens with zero attached hydrogens (tertiary/aromatic N) is 5. The molecular weight excluding hydrogens is 558 g/mol. The van der Waals surface area contributed by atoms with Gasteiger partial charge in [0, 0.05) is 38.3 Å². The number of morpholine rings is 1. The van der Waals surface area contributed by atoms with Gasteiger partial charge in [0.2, 0.25) is 15.9 Å². The fourth-order valence-electron chi connectivity index (χ4n) is 5.81. The number of nitrogens with one attached hydrogen (secondary N) is 2. The third-order valence-electron chi connectivity index (χ3n) is 7.96. The monoisotopic (exact) mass is 597 g/mol. The van der Waals surface area contributed by atoms with Crippen LogP contribution in [0.2, 0.25) is 0 Å². The second-order valence-corrected chi connectivity index (χ2v) is 13.2. The maximum Gasteiger partial charge on any atom is 0.229 e. The van der Waals surface area contributed by atoms with E-state index in [0.717, 1.165) is 81.9 Å². The van der Waals surface area contributed by atoms with Gasteiger partial charge >= 0.3 is 0 Å². The van der Waals surface area contributed by atoms with E-state index in [1.54, 1.807) is 12.3 Å². The molecule has 3 fully saturated rings. The van der Waals surface area contributed by atoms with Crippen molar-refractivity contribution >= 4 is 38.2 Å². The van der Waals surface area contributed by atoms with E-state index in [1.165, 1.54) is 6.20 Å². The van der Waals surface area contributed by atoms with E-state index in [1.807, 2.05) is 18.2 Å². The second-order valence-electron chi connectivity index (χ2n) is 11.5. The number of likely N-dealkylation sites (N-methyl/N-ethyl adjacent to an activating group) is 1. The van der Waals surface area contributed by atoms with Crippen molar-refractivity contribution in [3.8, 4) is 11.6 Å². The molecule has 2 aliphatic heterocycles. The summed E-state index contributed by atoms with van der Waals surface area (Å²) in [6.45, 7) is 4.76. The van der Waals surface area contributed by atoms with Gasteiger partial charge in [-0.1, -0.05) is 0 Å². The van der Waals surface area contributed by atoms with Crippen molar-refractivity contribution in [2.75, 3.05) is 67.6 Å². The van der Waals surface area contributed by atoms with Crippen LogP contribution >= 0.6 is 0 Å². The molecule has 1 aliphatic carbocycles. The van der Waals surface area contributed by atoms with Gasteiger partial charge in [-0.25, -0.2) is 13.4 Å². The molecule has 3 aliphatic rings. The first-order chi connectivity index (χ1) is 20.3. The van der Waals surface area contributed by atoms with Crippen LogP contribution in [0.4, 0.5) is 17.3 Å². The molecule has 226 valence electrons. The summed E-state index contributed by atoms with van der Waals surface area (Å²) in [6, 6.07) is 7.94. The van der Waals surface area contributed by atoms with Crippen LogP contribution in [-0.2, 0) is 14.8 Å². The van der Waals surface area contributed by atoms with Gasteiger partial charge < -0.3 is 29.3 Å². The van der Waals surface area contributed by atoms with Gasteiger partial charge in [-0.3, -0.25) is 9.71 Å². The molecule has 0 aromatic carbocycles. The van der Waals surface area contributed by atoms with Gasteiger partial charge in [-0.2, -0.15) is 4.98 Å². The number of hydrogen-bond donors (Lipinski definition) is 2. The molecule has 0 amide bonds. The van der Waals surface area contributed by atoms with E-state index in [2.05, 4.69) is 36.9 Å². The lowest BCUT2D eigenvalue weighted by Gasteiger charge is -2.31. The van der Waals surface area contributed by atoms with Gasteiger partial charge in [-0.15, -0.1) is 0 Å². The normalized spacial score (nSPS) is 23.6. The topological polar surface area (TPSA) is 131 Å². The molecule has 3 aromatic rings. The number of fused-ring (bicyclic) bond motifs is 1. The van der Waals surface area contributed by atoms with E-state index in [-0.39, 0.29) is 12.2 Å². The molecule has 0 radical (unpaired) electrons. The Hall–Kier alpha value is -3.42. The number of aromatic nitrogens is 3. The number of sulfonamides is 1. The summed E-state index contributed by atoms with van der Waals surface area (Å²) >= 11 is 0. The van der Waals surface area contributed by atoms with E-state index >= 15 is 0 Å². The summed E-state index contributed by atoms with van der Waals surface area (Å²) in [4.78, 5) is 18.4. The first-order valence-corrected chi connectivity index (χ1v) is 16.5. The SMILES string of the molecule is CN1CCC(Oc2ccc(NC3CCC(Oc4nc(N5CCOCC5)cc5ncc(NS(C)(=O)=O)cc45)CC3)nc2)C1. The van der Waals surface area contributed by atoms with Crippen LogP contribution in [0.1, 0.15) is 32.1 Å². The molecule has 1 saturated carbocycles. The van der Waals surface area contributed by atoms with Gasteiger partial charge in [0.15, 0.2) is 0 Å². The fourth-order valence-corrected chi connectivity index (χ4v) is 6.35. The van der Waals surface area contributed by atoms with Gasteiger partial charge in [-0.05, 0) is 57.4 Å². The summed E-state index contributed by atoms with van der Waals surface area (Å²) in [5.74, 6) is 2.91. The highest BCUT2D eigenvalue weighted by Crippen LogP contribution is 2.33. The number of rotatable bonds is 9. The van der Waals surface area contributed by atoms with E-state index < -0.39 is 10.0 Å². The third-order valence-corrected chi connectivity index (χ3v) is 8.57. The van der Waals surface area contributed by atoms with E-state index in [9.17, 15) is 8.42 Å². The van der Waals surface area contributed by atoms with Crippen LogP contribution in [0.5, 0.6) is 11.6 Å². The predicted molar refractivity (Wildman–Crippen MR) is 162 cm³/mol. The van der Waals surface area contributed by atoms with Gasteiger partial charge in [0.25, 0.3) is 0 Å². The van der Waals surface area contributed by atoms with Crippen LogP contribution in [-0.4, -0.2) is 99.2 Å². The highest BCUT2D eigenvalue weighted by Gasteiger charge is 2.26. The Bertz CT molecular complexity index is 1480. The molecule has 2 N–H and O–H groups in total. The summed E-state index contributed by atoms with van der Waals surface area (Å²) in [5, 5.41) is 4.24. The minimum Gasteiger partial charge on any atom is -0.487 e. The zero-order chi connectivity index (χ0) is 29.1. The van der Waals surface area contributed by atoms with Crippen molar-refractivity contribution in [1.82, 2.24) is 19.9 Å². The maximum atomic E-state index is 11.8. The predicted octanol–water partition coefficient (Wildman–Crippen LogP) is 3.12. The van der Waals surface area contributed by atoms with Crippen molar-refractivity contribution < 1.29 is 22.6 Å². The molecule has 12 nitrogen and oxygen atoms in total. The number of likely N-dealkylation sites (tertiary alicyclic amines) is 1. The molecule has 6 rings (SSSR count). The highest BCUT2D eigenvalue weighted by atomic mass is 32.2. The minimum atomic E-state index is -3.45. The first kappa shape index (κ1) is 28.7. The first-order valence-electron chi connectivity index (χ1n) is 14.6. The van der Waals surface area contributed by atoms with Crippen molar-refractivity contribution in [1.29, 1.82) is 0 Å². The molecule has 2 saturated heterocycles. The average molecular weight is 598 g/mol. The Morgan fingerprint density at radius 2 is 1.76 bits per heavy atom. The van der Waals surface area contributed by atoms with Crippen molar-refractivity contribution in [3.05, 3.63) is 36.7 Å². The lowest BCUT2D eigenvalue weighted by Crippen LogP contribution is -2.37. The van der Waals surface area contributed by atoms with Gasteiger partial charge in [0.1, 0.15) is 29.6 Å². The Balaban J connectivity index is 1.11. The lowest BCUT2D eigenvalue weighted by molar-refractivity contribution is 0.122. The Labute approximate surface area is 246 Å². The Morgan fingerprint density at radius 1 is 0.952 bits per heavy atom. The number of ether oxygens (including phenoxy) is 3. The Morgan fingerprint density at radius 3 is 2.45 bits per heavy atom. The minimum absolute atomic E-state index is 0.0153. The Kier molecular flexibility index (Phi) is 8.50. The quantitative estimate of drug-likeness (QED) is 0.377. The zero-order valence-electron chi connectivity index (χ0n) is 24.2. The van der Waals surface area contributed by atoms with Crippen LogP contribution in [0.15, 0.2) is 36.7 Å². The highest BCUT2D eigenvalue weighted by molar-refractivity contribution is 7.92. The molecule has 3 aromatic heterocycles. The summed E-state index contributed by atoms with van der Waals surface area (Å²) in [5.41, 5.74) is 1.08. The molecule has 0 bridgehead atoms. The van der Waals surface area contributed by atoms with Crippen LogP contribution in [0, 0.1) is 0 Å². The molecular formula is C29H39N7O5S.